The first kappa shape index (κ1) is 9.55. The Labute approximate surface area is 94.8 Å². The van der Waals surface area contributed by atoms with Crippen molar-refractivity contribution in [1.82, 2.24) is 5.32 Å². The molecule has 1 unspecified atom stereocenters. The van der Waals surface area contributed by atoms with Crippen LogP contribution < -0.4 is 10.6 Å². The smallest absolute Gasteiger partial charge is 0.0478 e. The Morgan fingerprint density at radius 3 is 3.13 bits per heavy atom. The number of benzene rings is 1. The van der Waals surface area contributed by atoms with Crippen LogP contribution in [-0.4, -0.2) is 25.4 Å². The number of rotatable bonds is 1. The Hall–Kier alpha value is -0.670. The van der Waals surface area contributed by atoms with Crippen LogP contribution in [0.5, 0.6) is 0 Å². The third-order valence-electron chi connectivity index (χ3n) is 3.21. The van der Waals surface area contributed by atoms with Gasteiger partial charge in [0.2, 0.25) is 0 Å². The maximum absolute atomic E-state index is 3.44. The van der Waals surface area contributed by atoms with Crippen LogP contribution in [0, 0.1) is 0 Å². The summed E-state index contributed by atoms with van der Waals surface area (Å²) in [5, 5.41) is 6.87. The second-order valence-electron chi connectivity index (χ2n) is 4.22. The summed E-state index contributed by atoms with van der Waals surface area (Å²) >= 11 is 1.98. The van der Waals surface area contributed by atoms with E-state index < -0.39 is 0 Å². The highest BCUT2D eigenvalue weighted by Crippen LogP contribution is 2.34. The number of fused-ring (bicyclic) bond motifs is 1. The molecule has 0 bridgehead atoms. The van der Waals surface area contributed by atoms with Crippen molar-refractivity contribution in [2.24, 2.45) is 0 Å². The van der Waals surface area contributed by atoms with Gasteiger partial charge in [0.05, 0.1) is 0 Å². The highest BCUT2D eigenvalue weighted by molar-refractivity contribution is 7.99. The van der Waals surface area contributed by atoms with Gasteiger partial charge < -0.3 is 10.6 Å². The normalized spacial score (nSPS) is 24.7. The molecular weight excluding hydrogens is 204 g/mol. The maximum atomic E-state index is 3.44. The summed E-state index contributed by atoms with van der Waals surface area (Å²) in [4.78, 5) is 1.44. The standard InChI is InChI=1S/C12H16N2S/c1-2-11-12(15-6-5-14-11)7-9(1)10-3-4-13-8-10/h1-2,7,10,13-14H,3-6,8H2. The highest BCUT2D eigenvalue weighted by atomic mass is 32.2. The van der Waals surface area contributed by atoms with Crippen molar-refractivity contribution >= 4 is 17.4 Å². The largest absolute Gasteiger partial charge is 0.383 e. The van der Waals surface area contributed by atoms with E-state index in [0.717, 1.165) is 19.0 Å². The summed E-state index contributed by atoms with van der Waals surface area (Å²) < 4.78 is 0. The number of hydrogen-bond acceptors (Lipinski definition) is 3. The third kappa shape index (κ3) is 1.86. The molecule has 2 aliphatic heterocycles. The van der Waals surface area contributed by atoms with Crippen LogP contribution in [0.4, 0.5) is 5.69 Å². The lowest BCUT2D eigenvalue weighted by atomic mass is 9.98. The zero-order chi connectivity index (χ0) is 10.1. The molecule has 1 aromatic rings. The molecule has 0 aromatic heterocycles. The van der Waals surface area contributed by atoms with Crippen molar-refractivity contribution in [3.05, 3.63) is 23.8 Å². The van der Waals surface area contributed by atoms with Crippen LogP contribution in [-0.2, 0) is 0 Å². The summed E-state index contributed by atoms with van der Waals surface area (Å²) in [7, 11) is 0. The fourth-order valence-electron chi connectivity index (χ4n) is 2.34. The van der Waals surface area contributed by atoms with Crippen molar-refractivity contribution < 1.29 is 0 Å². The maximum Gasteiger partial charge on any atom is 0.0478 e. The summed E-state index contributed by atoms with van der Waals surface area (Å²) in [6, 6.07) is 6.91. The summed E-state index contributed by atoms with van der Waals surface area (Å²) in [5.74, 6) is 1.93. The number of thioether (sulfide) groups is 1. The molecule has 1 aromatic carbocycles. The second kappa shape index (κ2) is 4.06. The average molecular weight is 220 g/mol. The van der Waals surface area contributed by atoms with Gasteiger partial charge in [0.25, 0.3) is 0 Å². The molecule has 1 fully saturated rings. The minimum atomic E-state index is 0.734. The molecule has 2 nitrogen and oxygen atoms in total. The molecule has 0 spiro atoms. The van der Waals surface area contributed by atoms with E-state index in [4.69, 9.17) is 0 Å². The molecule has 80 valence electrons. The summed E-state index contributed by atoms with van der Waals surface area (Å²) in [5.41, 5.74) is 2.83. The lowest BCUT2D eigenvalue weighted by molar-refractivity contribution is 0.761. The first-order valence-corrected chi connectivity index (χ1v) is 6.63. The average Bonchev–Trinajstić information content (AvgIpc) is 2.82. The molecule has 1 saturated heterocycles. The fraction of sp³-hybridized carbons (Fsp3) is 0.500. The predicted octanol–water partition coefficient (Wildman–Crippen LogP) is 2.28. The lowest BCUT2D eigenvalue weighted by Gasteiger charge is -2.19. The van der Waals surface area contributed by atoms with Crippen molar-refractivity contribution in [1.29, 1.82) is 0 Å². The minimum absolute atomic E-state index is 0.734. The third-order valence-corrected chi connectivity index (χ3v) is 4.27. The molecule has 2 N–H and O–H groups in total. The Morgan fingerprint density at radius 2 is 2.27 bits per heavy atom. The molecule has 0 amide bonds. The van der Waals surface area contributed by atoms with Crippen molar-refractivity contribution in [2.75, 3.05) is 30.7 Å². The highest BCUT2D eigenvalue weighted by Gasteiger charge is 2.18. The minimum Gasteiger partial charge on any atom is -0.383 e. The number of hydrogen-bond donors (Lipinski definition) is 2. The van der Waals surface area contributed by atoms with Gasteiger partial charge in [-0.05, 0) is 36.6 Å². The molecule has 2 aliphatic rings. The monoisotopic (exact) mass is 220 g/mol. The first-order valence-electron chi connectivity index (χ1n) is 5.65. The van der Waals surface area contributed by atoms with Gasteiger partial charge in [-0.1, -0.05) is 6.07 Å². The molecule has 1 atom stereocenters. The van der Waals surface area contributed by atoms with Gasteiger partial charge in [0.15, 0.2) is 0 Å². The predicted molar refractivity (Wildman–Crippen MR) is 65.9 cm³/mol. The van der Waals surface area contributed by atoms with Gasteiger partial charge >= 0.3 is 0 Å². The van der Waals surface area contributed by atoms with Crippen LogP contribution >= 0.6 is 11.8 Å². The van der Waals surface area contributed by atoms with E-state index in [1.54, 1.807) is 0 Å². The Bertz CT molecular complexity index is 359. The quantitative estimate of drug-likeness (QED) is 0.759. The van der Waals surface area contributed by atoms with E-state index in [0.29, 0.717) is 0 Å². The Morgan fingerprint density at radius 1 is 1.27 bits per heavy atom. The van der Waals surface area contributed by atoms with Gasteiger partial charge in [0.1, 0.15) is 0 Å². The summed E-state index contributed by atoms with van der Waals surface area (Å²) in [6.07, 6.45) is 1.29. The van der Waals surface area contributed by atoms with Crippen molar-refractivity contribution in [3.8, 4) is 0 Å². The van der Waals surface area contributed by atoms with E-state index in [-0.39, 0.29) is 0 Å². The van der Waals surface area contributed by atoms with E-state index >= 15 is 0 Å². The van der Waals surface area contributed by atoms with Gasteiger partial charge in [-0.15, -0.1) is 11.8 Å². The summed E-state index contributed by atoms with van der Waals surface area (Å²) in [6.45, 7) is 3.42. The van der Waals surface area contributed by atoms with E-state index in [1.807, 2.05) is 11.8 Å². The van der Waals surface area contributed by atoms with Crippen LogP contribution in [0.15, 0.2) is 23.1 Å². The molecule has 3 rings (SSSR count). The molecular formula is C12H16N2S. The van der Waals surface area contributed by atoms with E-state index in [2.05, 4.69) is 28.8 Å². The van der Waals surface area contributed by atoms with Gasteiger partial charge in [-0.25, -0.2) is 0 Å². The van der Waals surface area contributed by atoms with Crippen LogP contribution in [0.2, 0.25) is 0 Å². The van der Waals surface area contributed by atoms with Crippen molar-refractivity contribution in [2.45, 2.75) is 17.2 Å². The van der Waals surface area contributed by atoms with Crippen LogP contribution in [0.1, 0.15) is 17.9 Å². The number of nitrogens with one attached hydrogen (secondary N) is 2. The first-order chi connectivity index (χ1) is 7.43. The molecule has 0 radical (unpaired) electrons. The Balaban J connectivity index is 1.89. The molecule has 0 aliphatic carbocycles. The van der Waals surface area contributed by atoms with Gasteiger partial charge in [-0.3, -0.25) is 0 Å². The number of anilines is 1. The molecule has 2 heterocycles. The molecule has 3 heteroatoms. The molecule has 15 heavy (non-hydrogen) atoms. The van der Waals surface area contributed by atoms with Gasteiger partial charge in [-0.2, -0.15) is 0 Å². The van der Waals surface area contributed by atoms with Crippen LogP contribution in [0.3, 0.4) is 0 Å². The lowest BCUT2D eigenvalue weighted by Crippen LogP contribution is -2.11. The molecule has 0 saturated carbocycles. The fourth-order valence-corrected chi connectivity index (χ4v) is 3.28. The SMILES string of the molecule is c1cc2c(cc1C1CCNC1)SCCN2. The van der Waals surface area contributed by atoms with E-state index in [9.17, 15) is 0 Å². The zero-order valence-electron chi connectivity index (χ0n) is 8.75. The zero-order valence-corrected chi connectivity index (χ0v) is 9.57. The van der Waals surface area contributed by atoms with E-state index in [1.165, 1.54) is 34.9 Å². The van der Waals surface area contributed by atoms with Crippen LogP contribution in [0.25, 0.3) is 0 Å². The Kier molecular flexibility index (Phi) is 2.59. The topological polar surface area (TPSA) is 24.1 Å². The second-order valence-corrected chi connectivity index (χ2v) is 5.36. The van der Waals surface area contributed by atoms with Crippen molar-refractivity contribution in [3.63, 3.8) is 0 Å². The van der Waals surface area contributed by atoms with Gasteiger partial charge in [0, 0.05) is 29.4 Å².